The van der Waals surface area contributed by atoms with Gasteiger partial charge in [-0.15, -0.1) is 0 Å². The van der Waals surface area contributed by atoms with Crippen molar-refractivity contribution in [2.45, 2.75) is 18.7 Å². The maximum atomic E-state index is 11.8. The molecule has 7 heteroatoms. The number of hydrogen-bond donors (Lipinski definition) is 2. The van der Waals surface area contributed by atoms with Crippen LogP contribution in [0.3, 0.4) is 0 Å². The van der Waals surface area contributed by atoms with Crippen LogP contribution in [0.25, 0.3) is 0 Å². The minimum Gasteiger partial charge on any atom is -0.468 e. The summed E-state index contributed by atoms with van der Waals surface area (Å²) in [6.07, 6.45) is 0. The number of anilines is 1. The molecule has 3 N–H and O–H groups in total. The number of carbonyl (C=O) groups excluding carboxylic acids is 1. The normalized spacial score (nSPS) is 13.0. The third-order valence-electron chi connectivity index (χ3n) is 2.52. The Balaban J connectivity index is 2.74. The van der Waals surface area contributed by atoms with Gasteiger partial charge in [0.15, 0.2) is 5.25 Å². The zero-order valence-electron chi connectivity index (χ0n) is 10.2. The van der Waals surface area contributed by atoms with E-state index in [9.17, 15) is 13.2 Å². The molecule has 100 valence electrons. The summed E-state index contributed by atoms with van der Waals surface area (Å²) in [7, 11) is -2.62. The van der Waals surface area contributed by atoms with Gasteiger partial charge in [0.2, 0.25) is 10.0 Å². The Kier molecular flexibility index (Phi) is 4.69. The smallest absolute Gasteiger partial charge is 0.325 e. The van der Waals surface area contributed by atoms with Crippen LogP contribution in [0.1, 0.15) is 12.5 Å². The Bertz CT molecular complexity index is 528. The van der Waals surface area contributed by atoms with Gasteiger partial charge in [0.25, 0.3) is 0 Å². The standard InChI is InChI=1S/C11H16N2O4S/c1-8(11(14)17-2)18(15,16)13-7-9-5-3-4-6-10(9)12/h3-6,8,13H,7,12H2,1-2H3. The molecule has 1 aromatic carbocycles. The van der Waals surface area contributed by atoms with Gasteiger partial charge in [-0.3, -0.25) is 4.79 Å². The molecule has 0 aromatic heterocycles. The van der Waals surface area contributed by atoms with Crippen molar-refractivity contribution in [1.29, 1.82) is 0 Å². The summed E-state index contributed by atoms with van der Waals surface area (Å²) >= 11 is 0. The van der Waals surface area contributed by atoms with Crippen molar-refractivity contribution in [1.82, 2.24) is 4.72 Å². The molecule has 0 spiro atoms. The van der Waals surface area contributed by atoms with Gasteiger partial charge < -0.3 is 10.5 Å². The highest BCUT2D eigenvalue weighted by Crippen LogP contribution is 2.11. The lowest BCUT2D eigenvalue weighted by Gasteiger charge is -2.12. The van der Waals surface area contributed by atoms with Gasteiger partial charge in [-0.05, 0) is 18.6 Å². The van der Waals surface area contributed by atoms with E-state index in [2.05, 4.69) is 9.46 Å². The van der Waals surface area contributed by atoms with Crippen LogP contribution in [0.2, 0.25) is 0 Å². The molecule has 1 unspecified atom stereocenters. The van der Waals surface area contributed by atoms with Crippen molar-refractivity contribution in [3.05, 3.63) is 29.8 Å². The number of benzene rings is 1. The van der Waals surface area contributed by atoms with E-state index >= 15 is 0 Å². The molecule has 0 aliphatic carbocycles. The molecule has 6 nitrogen and oxygen atoms in total. The number of ether oxygens (including phenoxy) is 1. The zero-order valence-corrected chi connectivity index (χ0v) is 11.0. The number of para-hydroxylation sites is 1. The number of nitrogens with one attached hydrogen (secondary N) is 1. The van der Waals surface area contributed by atoms with E-state index in [1.807, 2.05) is 0 Å². The van der Waals surface area contributed by atoms with Crippen LogP contribution < -0.4 is 10.5 Å². The van der Waals surface area contributed by atoms with Crippen LogP contribution in [0.5, 0.6) is 0 Å². The Morgan fingerprint density at radius 1 is 1.44 bits per heavy atom. The second kappa shape index (κ2) is 5.83. The number of carbonyl (C=O) groups is 1. The third kappa shape index (κ3) is 3.44. The predicted molar refractivity (Wildman–Crippen MR) is 68.1 cm³/mol. The van der Waals surface area contributed by atoms with E-state index in [1.54, 1.807) is 24.3 Å². The first-order valence-electron chi connectivity index (χ1n) is 5.28. The van der Waals surface area contributed by atoms with E-state index in [0.717, 1.165) is 7.11 Å². The number of esters is 1. The maximum Gasteiger partial charge on any atom is 0.325 e. The van der Waals surface area contributed by atoms with E-state index in [-0.39, 0.29) is 6.54 Å². The Morgan fingerprint density at radius 3 is 2.61 bits per heavy atom. The number of sulfonamides is 1. The van der Waals surface area contributed by atoms with Gasteiger partial charge in [0, 0.05) is 12.2 Å². The Hall–Kier alpha value is -1.60. The lowest BCUT2D eigenvalue weighted by molar-refractivity contribution is -0.139. The first-order chi connectivity index (χ1) is 8.38. The molecular weight excluding hydrogens is 256 g/mol. The maximum absolute atomic E-state index is 11.8. The molecule has 0 aliphatic heterocycles. The first kappa shape index (κ1) is 14.5. The summed E-state index contributed by atoms with van der Waals surface area (Å²) in [5.74, 6) is -0.802. The van der Waals surface area contributed by atoms with Crippen molar-refractivity contribution >= 4 is 21.7 Å². The molecule has 1 aromatic rings. The van der Waals surface area contributed by atoms with Gasteiger partial charge >= 0.3 is 5.97 Å². The second-order valence-corrected chi connectivity index (χ2v) is 5.82. The van der Waals surface area contributed by atoms with Crippen LogP contribution in [-0.2, 0) is 26.1 Å². The second-order valence-electron chi connectivity index (χ2n) is 3.73. The minimum atomic E-state index is -3.77. The van der Waals surface area contributed by atoms with Crippen molar-refractivity contribution < 1.29 is 17.9 Å². The van der Waals surface area contributed by atoms with Gasteiger partial charge in [-0.1, -0.05) is 18.2 Å². The molecule has 0 heterocycles. The fourth-order valence-corrected chi connectivity index (χ4v) is 2.25. The fraction of sp³-hybridized carbons (Fsp3) is 0.364. The topological polar surface area (TPSA) is 98.5 Å². The highest BCUT2D eigenvalue weighted by molar-refractivity contribution is 7.90. The van der Waals surface area contributed by atoms with Gasteiger partial charge in [0.1, 0.15) is 0 Å². The Morgan fingerprint density at radius 2 is 2.06 bits per heavy atom. The quantitative estimate of drug-likeness (QED) is 0.591. The van der Waals surface area contributed by atoms with Crippen molar-refractivity contribution in [2.24, 2.45) is 0 Å². The molecule has 0 amide bonds. The molecule has 0 aliphatic rings. The SMILES string of the molecule is COC(=O)C(C)S(=O)(=O)NCc1ccccc1N. The largest absolute Gasteiger partial charge is 0.468 e. The molecule has 0 saturated heterocycles. The molecule has 18 heavy (non-hydrogen) atoms. The highest BCUT2D eigenvalue weighted by Gasteiger charge is 2.28. The summed E-state index contributed by atoms with van der Waals surface area (Å²) in [6.45, 7) is 1.30. The lowest BCUT2D eigenvalue weighted by Crippen LogP contribution is -2.37. The van der Waals surface area contributed by atoms with Crippen molar-refractivity contribution in [2.75, 3.05) is 12.8 Å². The third-order valence-corrected chi connectivity index (χ3v) is 4.19. The van der Waals surface area contributed by atoms with E-state index in [0.29, 0.717) is 11.3 Å². The number of nitrogens with two attached hydrogens (primary N) is 1. The minimum absolute atomic E-state index is 0.0380. The molecule has 0 radical (unpaired) electrons. The van der Waals surface area contributed by atoms with Crippen molar-refractivity contribution in [3.8, 4) is 0 Å². The first-order valence-corrected chi connectivity index (χ1v) is 6.83. The highest BCUT2D eigenvalue weighted by atomic mass is 32.2. The average molecular weight is 272 g/mol. The summed E-state index contributed by atoms with van der Waals surface area (Å²) < 4.78 is 30.2. The van der Waals surface area contributed by atoms with E-state index in [4.69, 9.17) is 5.73 Å². The monoisotopic (exact) mass is 272 g/mol. The Labute approximate surface area is 106 Å². The molecule has 0 fully saturated rings. The van der Waals surface area contributed by atoms with Crippen LogP contribution in [0, 0.1) is 0 Å². The number of nitrogen functional groups attached to an aromatic ring is 1. The van der Waals surface area contributed by atoms with Crippen LogP contribution in [0.15, 0.2) is 24.3 Å². The van der Waals surface area contributed by atoms with Crippen LogP contribution in [0.4, 0.5) is 5.69 Å². The molecule has 1 rings (SSSR count). The van der Waals surface area contributed by atoms with E-state index in [1.165, 1.54) is 6.92 Å². The molecule has 0 bridgehead atoms. The van der Waals surface area contributed by atoms with Gasteiger partial charge in [0.05, 0.1) is 7.11 Å². The number of hydrogen-bond acceptors (Lipinski definition) is 5. The van der Waals surface area contributed by atoms with E-state index < -0.39 is 21.2 Å². The summed E-state index contributed by atoms with van der Waals surface area (Å²) in [4.78, 5) is 11.2. The predicted octanol–water partition coefficient (Wildman–Crippen LogP) is 0.250. The summed E-state index contributed by atoms with van der Waals surface area (Å²) in [5.41, 5.74) is 6.83. The average Bonchev–Trinajstić information content (AvgIpc) is 2.36. The summed E-state index contributed by atoms with van der Waals surface area (Å²) in [6, 6.07) is 6.89. The molecule has 1 atom stereocenters. The number of rotatable bonds is 5. The zero-order chi connectivity index (χ0) is 13.8. The molecular formula is C11H16N2O4S. The van der Waals surface area contributed by atoms with Crippen LogP contribution >= 0.6 is 0 Å². The lowest BCUT2D eigenvalue weighted by atomic mass is 10.2. The fourth-order valence-electron chi connectivity index (χ4n) is 1.29. The summed E-state index contributed by atoms with van der Waals surface area (Å²) in [5, 5.41) is -1.26. The number of methoxy groups -OCH3 is 1. The molecule has 0 saturated carbocycles. The van der Waals surface area contributed by atoms with Crippen molar-refractivity contribution in [3.63, 3.8) is 0 Å². The van der Waals surface area contributed by atoms with Gasteiger partial charge in [-0.25, -0.2) is 13.1 Å². The van der Waals surface area contributed by atoms with Crippen LogP contribution in [-0.4, -0.2) is 26.7 Å². The van der Waals surface area contributed by atoms with Gasteiger partial charge in [-0.2, -0.15) is 0 Å².